The summed E-state index contributed by atoms with van der Waals surface area (Å²) >= 11 is 0. The molecular weight excluding hydrogens is 168 g/mol. The van der Waals surface area contributed by atoms with Crippen LogP contribution in [0, 0.1) is 11.8 Å². The van der Waals surface area contributed by atoms with Crippen molar-refractivity contribution in [2.45, 2.75) is 44.8 Å². The number of rotatable bonds is 1. The summed E-state index contributed by atoms with van der Waals surface area (Å²) in [5.41, 5.74) is 0. The Bertz CT molecular complexity index is 214. The molecule has 0 aromatic heterocycles. The Morgan fingerprint density at radius 3 is 2.85 bits per heavy atom. The summed E-state index contributed by atoms with van der Waals surface area (Å²) in [6, 6.07) is 0. The van der Waals surface area contributed by atoms with Gasteiger partial charge in [-0.3, -0.25) is 4.79 Å². The van der Waals surface area contributed by atoms with E-state index in [1.54, 1.807) is 0 Å². The molecular formula is C10H16O3. The van der Waals surface area contributed by atoms with Gasteiger partial charge in [0.05, 0.1) is 18.1 Å². The number of carbonyl (C=O) groups is 1. The van der Waals surface area contributed by atoms with Crippen LogP contribution in [0.15, 0.2) is 0 Å². The fourth-order valence-corrected chi connectivity index (χ4v) is 2.67. The summed E-state index contributed by atoms with van der Waals surface area (Å²) in [6.45, 7) is 2.08. The molecule has 1 N–H and O–H groups in total. The molecule has 2 rings (SSSR count). The molecule has 1 heterocycles. The van der Waals surface area contributed by atoms with Gasteiger partial charge in [-0.2, -0.15) is 0 Å². The van der Waals surface area contributed by atoms with Crippen molar-refractivity contribution in [2.24, 2.45) is 11.8 Å². The van der Waals surface area contributed by atoms with E-state index in [4.69, 9.17) is 9.84 Å². The smallest absolute Gasteiger partial charge is 0.306 e. The minimum absolute atomic E-state index is 0.116. The Kier molecular flexibility index (Phi) is 2.28. The number of ether oxygens (including phenoxy) is 1. The first-order valence-electron chi connectivity index (χ1n) is 5.05. The van der Waals surface area contributed by atoms with Crippen molar-refractivity contribution < 1.29 is 14.6 Å². The third kappa shape index (κ3) is 1.70. The van der Waals surface area contributed by atoms with Crippen molar-refractivity contribution >= 4 is 5.97 Å². The fraction of sp³-hybridized carbons (Fsp3) is 0.900. The molecule has 0 bridgehead atoms. The average molecular weight is 184 g/mol. The van der Waals surface area contributed by atoms with E-state index in [0.29, 0.717) is 18.1 Å². The lowest BCUT2D eigenvalue weighted by Crippen LogP contribution is -2.29. The van der Waals surface area contributed by atoms with E-state index in [9.17, 15) is 4.79 Å². The van der Waals surface area contributed by atoms with Crippen LogP contribution in [0.3, 0.4) is 0 Å². The molecule has 74 valence electrons. The van der Waals surface area contributed by atoms with Crippen LogP contribution in [-0.2, 0) is 9.53 Å². The molecule has 0 aromatic rings. The predicted octanol–water partition coefficient (Wildman–Crippen LogP) is 1.66. The van der Waals surface area contributed by atoms with Gasteiger partial charge in [-0.05, 0) is 38.5 Å². The van der Waals surface area contributed by atoms with Crippen LogP contribution < -0.4 is 0 Å². The maximum absolute atomic E-state index is 10.8. The van der Waals surface area contributed by atoms with Crippen LogP contribution >= 0.6 is 0 Å². The highest BCUT2D eigenvalue weighted by Gasteiger charge is 2.39. The number of hydrogen-bond acceptors (Lipinski definition) is 2. The molecule has 3 heteroatoms. The van der Waals surface area contributed by atoms with E-state index < -0.39 is 5.97 Å². The molecule has 0 amide bonds. The molecule has 1 saturated carbocycles. The molecule has 2 aliphatic rings. The van der Waals surface area contributed by atoms with Gasteiger partial charge in [-0.15, -0.1) is 0 Å². The summed E-state index contributed by atoms with van der Waals surface area (Å²) in [5, 5.41) is 8.88. The van der Waals surface area contributed by atoms with Gasteiger partial charge in [-0.25, -0.2) is 0 Å². The highest BCUT2D eigenvalue weighted by atomic mass is 16.5. The van der Waals surface area contributed by atoms with Gasteiger partial charge >= 0.3 is 5.97 Å². The maximum Gasteiger partial charge on any atom is 0.306 e. The second-order valence-electron chi connectivity index (χ2n) is 4.33. The van der Waals surface area contributed by atoms with Crippen molar-refractivity contribution in [3.8, 4) is 0 Å². The van der Waals surface area contributed by atoms with E-state index in [1.165, 1.54) is 0 Å². The Hall–Kier alpha value is -0.570. The number of fused-ring (bicyclic) bond motifs is 1. The van der Waals surface area contributed by atoms with Crippen molar-refractivity contribution in [2.75, 3.05) is 0 Å². The van der Waals surface area contributed by atoms with Gasteiger partial charge < -0.3 is 9.84 Å². The monoisotopic (exact) mass is 184 g/mol. The summed E-state index contributed by atoms with van der Waals surface area (Å²) in [5.74, 6) is -0.238. The zero-order valence-electron chi connectivity index (χ0n) is 7.90. The molecule has 0 spiro atoms. The van der Waals surface area contributed by atoms with E-state index in [1.807, 2.05) is 0 Å². The zero-order valence-corrected chi connectivity index (χ0v) is 7.90. The third-order valence-corrected chi connectivity index (χ3v) is 3.30. The topological polar surface area (TPSA) is 46.5 Å². The Morgan fingerprint density at radius 2 is 2.15 bits per heavy atom. The lowest BCUT2D eigenvalue weighted by atomic mass is 9.79. The summed E-state index contributed by atoms with van der Waals surface area (Å²) < 4.78 is 5.70. The zero-order chi connectivity index (χ0) is 9.42. The molecule has 1 saturated heterocycles. The number of hydrogen-bond donors (Lipinski definition) is 1. The van der Waals surface area contributed by atoms with Gasteiger partial charge in [0, 0.05) is 0 Å². The van der Waals surface area contributed by atoms with Crippen LogP contribution in [0.4, 0.5) is 0 Å². The van der Waals surface area contributed by atoms with Crippen LogP contribution in [0.1, 0.15) is 32.6 Å². The van der Waals surface area contributed by atoms with E-state index in [2.05, 4.69) is 6.92 Å². The molecule has 1 aliphatic heterocycles. The first-order valence-corrected chi connectivity index (χ1v) is 5.05. The first-order chi connectivity index (χ1) is 6.16. The summed E-state index contributed by atoms with van der Waals surface area (Å²) in [4.78, 5) is 10.8. The number of carboxylic acids is 1. The third-order valence-electron chi connectivity index (χ3n) is 3.30. The van der Waals surface area contributed by atoms with E-state index >= 15 is 0 Å². The molecule has 0 aromatic carbocycles. The largest absolute Gasteiger partial charge is 0.481 e. The second-order valence-corrected chi connectivity index (χ2v) is 4.33. The maximum atomic E-state index is 10.8. The van der Waals surface area contributed by atoms with Crippen LogP contribution in [0.2, 0.25) is 0 Å². The molecule has 3 nitrogen and oxygen atoms in total. The molecule has 1 aliphatic carbocycles. The van der Waals surface area contributed by atoms with Crippen LogP contribution in [0.25, 0.3) is 0 Å². The number of carboxylic acid groups (broad SMARTS) is 1. The summed E-state index contributed by atoms with van der Waals surface area (Å²) in [6.07, 6.45) is 4.29. The Labute approximate surface area is 78.1 Å². The highest BCUT2D eigenvalue weighted by Crippen LogP contribution is 2.39. The molecule has 4 atom stereocenters. The van der Waals surface area contributed by atoms with Crippen molar-refractivity contribution in [3.63, 3.8) is 0 Å². The molecule has 1 unspecified atom stereocenters. The van der Waals surface area contributed by atoms with Crippen molar-refractivity contribution in [3.05, 3.63) is 0 Å². The summed E-state index contributed by atoms with van der Waals surface area (Å²) in [7, 11) is 0. The lowest BCUT2D eigenvalue weighted by molar-refractivity contribution is -0.144. The van der Waals surface area contributed by atoms with Gasteiger partial charge in [0.1, 0.15) is 0 Å². The van der Waals surface area contributed by atoms with Gasteiger partial charge in [-0.1, -0.05) is 0 Å². The lowest BCUT2D eigenvalue weighted by Gasteiger charge is -2.28. The predicted molar refractivity (Wildman–Crippen MR) is 47.4 cm³/mol. The SMILES string of the molecule is C[C@@H]1C[C@@H]2CC(C(=O)O)CC[C@@H]2O1. The Balaban J connectivity index is 1.97. The van der Waals surface area contributed by atoms with Crippen molar-refractivity contribution in [1.82, 2.24) is 0 Å². The van der Waals surface area contributed by atoms with Crippen LogP contribution in [0.5, 0.6) is 0 Å². The normalized spacial score (nSPS) is 44.4. The quantitative estimate of drug-likeness (QED) is 0.674. The van der Waals surface area contributed by atoms with Gasteiger partial charge in [0.25, 0.3) is 0 Å². The minimum Gasteiger partial charge on any atom is -0.481 e. The van der Waals surface area contributed by atoms with Gasteiger partial charge in [0.2, 0.25) is 0 Å². The first kappa shape index (κ1) is 9.00. The minimum atomic E-state index is -0.627. The second kappa shape index (κ2) is 3.29. The fourth-order valence-electron chi connectivity index (χ4n) is 2.67. The van der Waals surface area contributed by atoms with E-state index in [0.717, 1.165) is 25.7 Å². The Morgan fingerprint density at radius 1 is 1.38 bits per heavy atom. The van der Waals surface area contributed by atoms with Crippen LogP contribution in [-0.4, -0.2) is 23.3 Å². The molecule has 2 fully saturated rings. The van der Waals surface area contributed by atoms with Crippen molar-refractivity contribution in [1.29, 1.82) is 0 Å². The standard InChI is InChI=1S/C10H16O3/c1-6-4-8-5-7(10(11)12)2-3-9(8)13-6/h6-9H,2-5H2,1H3,(H,11,12)/t6-,7?,8-,9+/m1/s1. The number of aliphatic carboxylic acids is 1. The molecule has 0 radical (unpaired) electrons. The average Bonchev–Trinajstić information content (AvgIpc) is 2.42. The van der Waals surface area contributed by atoms with E-state index in [-0.39, 0.29) is 5.92 Å². The highest BCUT2D eigenvalue weighted by molar-refractivity contribution is 5.70. The van der Waals surface area contributed by atoms with Gasteiger partial charge in [0.15, 0.2) is 0 Å². The molecule has 13 heavy (non-hydrogen) atoms.